The van der Waals surface area contributed by atoms with Crippen LogP contribution in [0.3, 0.4) is 0 Å². The smallest absolute Gasteiger partial charge is 0.135 e. The normalized spacial score (nSPS) is 17.4. The van der Waals surface area contributed by atoms with Crippen LogP contribution < -0.4 is 11.1 Å². The van der Waals surface area contributed by atoms with Crippen molar-refractivity contribution in [3.63, 3.8) is 0 Å². The van der Waals surface area contributed by atoms with Crippen LogP contribution in [0.5, 0.6) is 0 Å². The van der Waals surface area contributed by atoms with Crippen molar-refractivity contribution in [1.82, 2.24) is 5.32 Å². The number of rotatable bonds is 6. The zero-order chi connectivity index (χ0) is 23.6. The van der Waals surface area contributed by atoms with Gasteiger partial charge in [0.05, 0.1) is 12.2 Å². The summed E-state index contributed by atoms with van der Waals surface area (Å²) in [4.78, 5) is 0. The van der Waals surface area contributed by atoms with Crippen LogP contribution in [0.25, 0.3) is 21.9 Å². The van der Waals surface area contributed by atoms with Gasteiger partial charge in [0.25, 0.3) is 0 Å². The maximum atomic E-state index is 6.61. The van der Waals surface area contributed by atoms with Crippen molar-refractivity contribution in [2.75, 3.05) is 0 Å². The van der Waals surface area contributed by atoms with Crippen LogP contribution >= 0.6 is 0 Å². The van der Waals surface area contributed by atoms with E-state index >= 15 is 0 Å². The Balaban J connectivity index is 1.35. The lowest BCUT2D eigenvalue weighted by molar-refractivity contribution is 0.495. The van der Waals surface area contributed by atoms with E-state index in [2.05, 4.69) is 90.3 Å². The van der Waals surface area contributed by atoms with Crippen LogP contribution in [0.2, 0.25) is 0 Å². The molecule has 3 unspecified atom stereocenters. The van der Waals surface area contributed by atoms with Crippen molar-refractivity contribution >= 4 is 21.9 Å². The minimum Gasteiger partial charge on any atom is -0.456 e. The van der Waals surface area contributed by atoms with Crippen molar-refractivity contribution in [2.24, 2.45) is 5.73 Å². The third-order valence-corrected chi connectivity index (χ3v) is 6.90. The molecule has 1 aromatic heterocycles. The van der Waals surface area contributed by atoms with Crippen molar-refractivity contribution in [3.8, 4) is 0 Å². The van der Waals surface area contributed by atoms with E-state index in [-0.39, 0.29) is 18.1 Å². The van der Waals surface area contributed by atoms with Gasteiger partial charge < -0.3 is 10.2 Å². The van der Waals surface area contributed by atoms with Gasteiger partial charge in [0.1, 0.15) is 11.2 Å². The molecule has 0 saturated carbocycles. The fraction of sp³-hybridized carbons (Fsp3) is 0.125. The minimum absolute atomic E-state index is 0.0135. The van der Waals surface area contributed by atoms with Crippen LogP contribution in [0, 0.1) is 0 Å². The lowest BCUT2D eigenvalue weighted by Crippen LogP contribution is -2.33. The second-order valence-electron chi connectivity index (χ2n) is 9.16. The third kappa shape index (κ3) is 4.32. The summed E-state index contributed by atoms with van der Waals surface area (Å²) in [5.74, 6) is 0.272. The predicted octanol–water partition coefficient (Wildman–Crippen LogP) is 7.54. The quantitative estimate of drug-likeness (QED) is 0.259. The van der Waals surface area contributed by atoms with Gasteiger partial charge in [-0.15, -0.1) is 0 Å². The summed E-state index contributed by atoms with van der Waals surface area (Å²) in [5.41, 5.74) is 13.2. The van der Waals surface area contributed by atoms with Crippen LogP contribution in [-0.2, 0) is 0 Å². The molecule has 1 aliphatic carbocycles. The third-order valence-electron chi connectivity index (χ3n) is 6.90. The van der Waals surface area contributed by atoms with Crippen molar-refractivity contribution in [2.45, 2.75) is 24.5 Å². The van der Waals surface area contributed by atoms with Gasteiger partial charge in [-0.05, 0) is 40.8 Å². The summed E-state index contributed by atoms with van der Waals surface area (Å²) in [6.07, 6.45) is 7.57. The lowest BCUT2D eigenvalue weighted by atomic mass is 9.85. The molecule has 5 aromatic rings. The number of nitrogens with two attached hydrogens (primary N) is 1. The minimum atomic E-state index is -0.275. The molecule has 3 atom stereocenters. The molecular weight excluding hydrogens is 428 g/mol. The molecule has 35 heavy (non-hydrogen) atoms. The van der Waals surface area contributed by atoms with E-state index in [1.165, 1.54) is 16.7 Å². The molecule has 0 bridgehead atoms. The van der Waals surface area contributed by atoms with E-state index in [1.807, 2.05) is 36.4 Å². The Morgan fingerprint density at radius 2 is 1.43 bits per heavy atom. The predicted molar refractivity (Wildman–Crippen MR) is 144 cm³/mol. The summed E-state index contributed by atoms with van der Waals surface area (Å²) in [7, 11) is 0. The number of nitrogens with one attached hydrogen (secondary N) is 1. The first-order valence-corrected chi connectivity index (χ1v) is 12.2. The highest BCUT2D eigenvalue weighted by Gasteiger charge is 2.22. The Bertz CT molecular complexity index is 1520. The number of benzene rings is 4. The first-order chi connectivity index (χ1) is 17.3. The average molecular weight is 457 g/mol. The van der Waals surface area contributed by atoms with Gasteiger partial charge in [0.2, 0.25) is 0 Å². The van der Waals surface area contributed by atoms with E-state index in [4.69, 9.17) is 10.2 Å². The number of hydrogen-bond acceptors (Lipinski definition) is 3. The second-order valence-corrected chi connectivity index (χ2v) is 9.16. The highest BCUT2D eigenvalue weighted by molar-refractivity contribution is 6.04. The van der Waals surface area contributed by atoms with E-state index < -0.39 is 0 Å². The van der Waals surface area contributed by atoms with Crippen molar-refractivity contribution in [1.29, 1.82) is 0 Å². The zero-order valence-electron chi connectivity index (χ0n) is 19.5. The van der Waals surface area contributed by atoms with Crippen LogP contribution in [-0.4, -0.2) is 0 Å². The standard InChI is InChI=1S/C32H28N2O/c33-32(23-12-5-2-6-13-23)34-31(22-10-3-1-4-11-22)26-15-9-14-24(20-26)25-18-19-28-27-16-7-8-17-29(27)35-30(28)21-25/h1-13,15-21,24,31-32,34H,14,33H2. The molecule has 0 saturated heterocycles. The summed E-state index contributed by atoms with van der Waals surface area (Å²) in [5, 5.41) is 6.01. The van der Waals surface area contributed by atoms with Crippen molar-refractivity contribution < 1.29 is 4.42 Å². The molecule has 3 heteroatoms. The molecule has 0 aliphatic heterocycles. The lowest BCUT2D eigenvalue weighted by Gasteiger charge is -2.28. The second kappa shape index (κ2) is 9.38. The van der Waals surface area contributed by atoms with Gasteiger partial charge in [0, 0.05) is 16.7 Å². The number of allylic oxidation sites excluding steroid dienone is 2. The Labute approximate surface area is 205 Å². The Hall–Kier alpha value is -3.92. The molecule has 3 nitrogen and oxygen atoms in total. The maximum absolute atomic E-state index is 6.61. The molecule has 6 rings (SSSR count). The summed E-state index contributed by atoms with van der Waals surface area (Å²) < 4.78 is 6.16. The Morgan fingerprint density at radius 1 is 0.743 bits per heavy atom. The molecule has 0 fully saturated rings. The molecular formula is C32H28N2O. The van der Waals surface area contributed by atoms with E-state index in [0.29, 0.717) is 0 Å². The monoisotopic (exact) mass is 456 g/mol. The molecule has 3 N–H and O–H groups in total. The van der Waals surface area contributed by atoms with Crippen LogP contribution in [0.4, 0.5) is 0 Å². The molecule has 4 aromatic carbocycles. The average Bonchev–Trinajstić information content (AvgIpc) is 3.30. The van der Waals surface area contributed by atoms with Crippen LogP contribution in [0.1, 0.15) is 41.2 Å². The van der Waals surface area contributed by atoms with E-state index in [9.17, 15) is 0 Å². The van der Waals surface area contributed by atoms with E-state index in [1.54, 1.807) is 0 Å². The van der Waals surface area contributed by atoms with Gasteiger partial charge in [-0.1, -0.05) is 109 Å². The van der Waals surface area contributed by atoms with Gasteiger partial charge in [-0.2, -0.15) is 0 Å². The number of hydrogen-bond donors (Lipinski definition) is 2. The number of para-hydroxylation sites is 1. The largest absolute Gasteiger partial charge is 0.456 e. The zero-order valence-corrected chi connectivity index (χ0v) is 19.5. The highest BCUT2D eigenvalue weighted by Crippen LogP contribution is 2.36. The summed E-state index contributed by atoms with van der Waals surface area (Å²) >= 11 is 0. The fourth-order valence-electron chi connectivity index (χ4n) is 5.07. The number of furan rings is 1. The van der Waals surface area contributed by atoms with Gasteiger partial charge in [-0.25, -0.2) is 0 Å². The fourth-order valence-corrected chi connectivity index (χ4v) is 5.07. The SMILES string of the molecule is NC(NC(C1=CC(c2ccc3c(c2)oc2ccccc23)CC=C1)c1ccccc1)c1ccccc1. The molecule has 1 aliphatic rings. The van der Waals surface area contributed by atoms with Crippen molar-refractivity contribution in [3.05, 3.63) is 144 Å². The molecule has 0 radical (unpaired) electrons. The molecule has 0 spiro atoms. The van der Waals surface area contributed by atoms with E-state index in [0.717, 1.165) is 33.9 Å². The number of fused-ring (bicyclic) bond motifs is 3. The van der Waals surface area contributed by atoms with Gasteiger partial charge >= 0.3 is 0 Å². The first-order valence-electron chi connectivity index (χ1n) is 12.2. The summed E-state index contributed by atoms with van der Waals surface area (Å²) in [6, 6.07) is 35.6. The van der Waals surface area contributed by atoms with Crippen LogP contribution in [0.15, 0.2) is 131 Å². The molecule has 1 heterocycles. The molecule has 0 amide bonds. The maximum Gasteiger partial charge on any atom is 0.135 e. The van der Waals surface area contributed by atoms with Gasteiger partial charge in [-0.3, -0.25) is 5.32 Å². The topological polar surface area (TPSA) is 51.2 Å². The summed E-state index contributed by atoms with van der Waals surface area (Å²) in [6.45, 7) is 0. The first kappa shape index (κ1) is 21.6. The Kier molecular flexibility index (Phi) is 5.79. The van der Waals surface area contributed by atoms with Gasteiger partial charge in [0.15, 0.2) is 0 Å². The Morgan fingerprint density at radius 3 is 2.23 bits per heavy atom. The highest BCUT2D eigenvalue weighted by atomic mass is 16.3. The molecule has 172 valence electrons.